The van der Waals surface area contributed by atoms with E-state index in [4.69, 9.17) is 11.6 Å². The SMILES string of the molecule is O=c1[nH]c(NCC2CCCCC2)nc2cc(Cl)ccc12. The first kappa shape index (κ1) is 13.4. The molecule has 2 N–H and O–H groups in total. The van der Waals surface area contributed by atoms with E-state index in [9.17, 15) is 4.79 Å². The minimum absolute atomic E-state index is 0.127. The summed E-state index contributed by atoms with van der Waals surface area (Å²) in [5, 5.41) is 4.42. The zero-order valence-corrected chi connectivity index (χ0v) is 12.0. The number of rotatable bonds is 3. The molecule has 1 aliphatic carbocycles. The van der Waals surface area contributed by atoms with Crippen LogP contribution in [0.5, 0.6) is 0 Å². The smallest absolute Gasteiger partial charge is 0.260 e. The summed E-state index contributed by atoms with van der Waals surface area (Å²) in [6.45, 7) is 0.870. The fourth-order valence-corrected chi connectivity index (χ4v) is 2.99. The number of aromatic nitrogens is 2. The average Bonchev–Trinajstić information content (AvgIpc) is 2.46. The average molecular weight is 292 g/mol. The van der Waals surface area contributed by atoms with E-state index < -0.39 is 0 Å². The molecule has 0 amide bonds. The van der Waals surface area contributed by atoms with Crippen molar-refractivity contribution in [3.05, 3.63) is 33.6 Å². The molecule has 3 rings (SSSR count). The van der Waals surface area contributed by atoms with Crippen molar-refractivity contribution >= 4 is 28.5 Å². The second kappa shape index (κ2) is 5.83. The minimum Gasteiger partial charge on any atom is -0.355 e. The number of anilines is 1. The van der Waals surface area contributed by atoms with E-state index >= 15 is 0 Å². The third kappa shape index (κ3) is 2.96. The molecule has 1 saturated carbocycles. The lowest BCUT2D eigenvalue weighted by Gasteiger charge is -2.21. The molecule has 0 unspecified atom stereocenters. The number of H-pyrrole nitrogens is 1. The molecule has 2 aromatic rings. The Hall–Kier alpha value is -1.55. The summed E-state index contributed by atoms with van der Waals surface area (Å²) in [5.74, 6) is 1.22. The van der Waals surface area contributed by atoms with Crippen LogP contribution in [0.25, 0.3) is 10.9 Å². The first-order valence-corrected chi connectivity index (χ1v) is 7.53. The Morgan fingerprint density at radius 3 is 2.90 bits per heavy atom. The summed E-state index contributed by atoms with van der Waals surface area (Å²) in [5.41, 5.74) is 0.505. The van der Waals surface area contributed by atoms with Gasteiger partial charge < -0.3 is 5.32 Å². The number of benzene rings is 1. The van der Waals surface area contributed by atoms with Crippen LogP contribution in [0.3, 0.4) is 0 Å². The Kier molecular flexibility index (Phi) is 3.92. The van der Waals surface area contributed by atoms with E-state index in [2.05, 4.69) is 15.3 Å². The monoisotopic (exact) mass is 291 g/mol. The van der Waals surface area contributed by atoms with Crippen molar-refractivity contribution in [1.29, 1.82) is 0 Å². The van der Waals surface area contributed by atoms with Crippen molar-refractivity contribution in [2.24, 2.45) is 5.92 Å². The van der Waals surface area contributed by atoms with Crippen LogP contribution in [0.1, 0.15) is 32.1 Å². The van der Waals surface area contributed by atoms with Crippen LogP contribution in [0, 0.1) is 5.92 Å². The van der Waals surface area contributed by atoms with Crippen molar-refractivity contribution in [2.75, 3.05) is 11.9 Å². The summed E-state index contributed by atoms with van der Waals surface area (Å²) in [6, 6.07) is 5.13. The molecule has 1 fully saturated rings. The second-order valence-corrected chi connectivity index (χ2v) is 5.90. The summed E-state index contributed by atoms with van der Waals surface area (Å²) in [7, 11) is 0. The number of nitrogens with one attached hydrogen (secondary N) is 2. The van der Waals surface area contributed by atoms with Crippen LogP contribution < -0.4 is 10.9 Å². The van der Waals surface area contributed by atoms with Crippen LogP contribution >= 0.6 is 11.6 Å². The minimum atomic E-state index is -0.127. The molecular weight excluding hydrogens is 274 g/mol. The van der Waals surface area contributed by atoms with Crippen molar-refractivity contribution in [2.45, 2.75) is 32.1 Å². The normalized spacial score (nSPS) is 16.4. The highest BCUT2D eigenvalue weighted by atomic mass is 35.5. The van der Waals surface area contributed by atoms with E-state index in [-0.39, 0.29) is 5.56 Å². The third-order valence-electron chi connectivity index (χ3n) is 3.95. The molecule has 0 spiro atoms. The molecular formula is C15H18ClN3O. The largest absolute Gasteiger partial charge is 0.355 e. The quantitative estimate of drug-likeness (QED) is 0.909. The highest BCUT2D eigenvalue weighted by Crippen LogP contribution is 2.23. The maximum atomic E-state index is 12.0. The molecule has 20 heavy (non-hydrogen) atoms. The lowest BCUT2D eigenvalue weighted by Crippen LogP contribution is -2.20. The van der Waals surface area contributed by atoms with Gasteiger partial charge in [-0.15, -0.1) is 0 Å². The predicted molar refractivity (Wildman–Crippen MR) is 82.4 cm³/mol. The maximum absolute atomic E-state index is 12.0. The standard InChI is InChI=1S/C15H18ClN3O/c16-11-6-7-12-13(8-11)18-15(19-14(12)20)17-9-10-4-2-1-3-5-10/h6-8,10H,1-5,9H2,(H2,17,18,19,20). The molecule has 0 saturated heterocycles. The molecule has 1 heterocycles. The third-order valence-corrected chi connectivity index (χ3v) is 4.19. The first-order chi connectivity index (χ1) is 9.72. The van der Waals surface area contributed by atoms with Gasteiger partial charge in [0.25, 0.3) is 5.56 Å². The van der Waals surface area contributed by atoms with E-state index in [1.54, 1.807) is 18.2 Å². The molecule has 5 heteroatoms. The van der Waals surface area contributed by atoms with Crippen molar-refractivity contribution in [3.63, 3.8) is 0 Å². The zero-order chi connectivity index (χ0) is 13.9. The number of hydrogen-bond acceptors (Lipinski definition) is 3. The number of fused-ring (bicyclic) bond motifs is 1. The summed E-state index contributed by atoms with van der Waals surface area (Å²) < 4.78 is 0. The molecule has 0 radical (unpaired) electrons. The Bertz CT molecular complexity index is 662. The van der Waals surface area contributed by atoms with E-state index in [1.165, 1.54) is 32.1 Å². The van der Waals surface area contributed by atoms with Gasteiger partial charge in [-0.2, -0.15) is 0 Å². The first-order valence-electron chi connectivity index (χ1n) is 7.16. The van der Waals surface area contributed by atoms with Gasteiger partial charge in [0, 0.05) is 11.6 Å². The van der Waals surface area contributed by atoms with Crippen LogP contribution in [-0.2, 0) is 0 Å². The van der Waals surface area contributed by atoms with E-state index in [0.717, 1.165) is 6.54 Å². The van der Waals surface area contributed by atoms with E-state index in [1.807, 2.05) is 0 Å². The summed E-state index contributed by atoms with van der Waals surface area (Å²) in [6.07, 6.45) is 6.49. The molecule has 0 bridgehead atoms. The molecule has 1 aromatic carbocycles. The summed E-state index contributed by atoms with van der Waals surface area (Å²) >= 11 is 5.95. The zero-order valence-electron chi connectivity index (χ0n) is 11.3. The van der Waals surface area contributed by atoms with Crippen LogP contribution in [0.4, 0.5) is 5.95 Å². The lowest BCUT2D eigenvalue weighted by atomic mass is 9.89. The van der Waals surface area contributed by atoms with Gasteiger partial charge in [0.1, 0.15) is 0 Å². The Morgan fingerprint density at radius 1 is 1.30 bits per heavy atom. The second-order valence-electron chi connectivity index (χ2n) is 5.46. The van der Waals surface area contributed by atoms with Crippen LogP contribution in [-0.4, -0.2) is 16.5 Å². The fourth-order valence-electron chi connectivity index (χ4n) is 2.83. The molecule has 4 nitrogen and oxygen atoms in total. The number of nitrogens with zero attached hydrogens (tertiary/aromatic N) is 1. The molecule has 0 aliphatic heterocycles. The van der Waals surface area contributed by atoms with Gasteiger partial charge in [-0.3, -0.25) is 9.78 Å². The highest BCUT2D eigenvalue weighted by molar-refractivity contribution is 6.31. The summed E-state index contributed by atoms with van der Waals surface area (Å²) in [4.78, 5) is 19.2. The van der Waals surface area contributed by atoms with Crippen molar-refractivity contribution < 1.29 is 0 Å². The maximum Gasteiger partial charge on any atom is 0.260 e. The van der Waals surface area contributed by atoms with Gasteiger partial charge in [0.2, 0.25) is 5.95 Å². The molecule has 1 aromatic heterocycles. The molecule has 0 atom stereocenters. The van der Waals surface area contributed by atoms with Gasteiger partial charge in [0.05, 0.1) is 10.9 Å². The number of halogens is 1. The van der Waals surface area contributed by atoms with Gasteiger partial charge in [0.15, 0.2) is 0 Å². The van der Waals surface area contributed by atoms with Crippen molar-refractivity contribution in [3.8, 4) is 0 Å². The number of aromatic amines is 1. The van der Waals surface area contributed by atoms with Crippen LogP contribution in [0.2, 0.25) is 5.02 Å². The topological polar surface area (TPSA) is 57.8 Å². The molecule has 106 valence electrons. The lowest BCUT2D eigenvalue weighted by molar-refractivity contribution is 0.373. The van der Waals surface area contributed by atoms with Gasteiger partial charge in [-0.1, -0.05) is 30.9 Å². The predicted octanol–water partition coefficient (Wildman–Crippen LogP) is 3.57. The Balaban J connectivity index is 1.79. The molecule has 1 aliphatic rings. The Morgan fingerprint density at radius 2 is 2.10 bits per heavy atom. The van der Waals surface area contributed by atoms with Gasteiger partial charge in [-0.05, 0) is 37.0 Å². The highest BCUT2D eigenvalue weighted by Gasteiger charge is 2.13. The Labute approximate surface area is 122 Å². The van der Waals surface area contributed by atoms with Crippen molar-refractivity contribution in [1.82, 2.24) is 9.97 Å². The van der Waals surface area contributed by atoms with E-state index in [0.29, 0.717) is 27.8 Å². The van der Waals surface area contributed by atoms with Crippen LogP contribution in [0.15, 0.2) is 23.0 Å². The fraction of sp³-hybridized carbons (Fsp3) is 0.467. The number of hydrogen-bond donors (Lipinski definition) is 2. The van der Waals surface area contributed by atoms with Gasteiger partial charge >= 0.3 is 0 Å². The van der Waals surface area contributed by atoms with Gasteiger partial charge in [-0.25, -0.2) is 4.98 Å².